The van der Waals surface area contributed by atoms with Crippen LogP contribution >= 0.6 is 15.9 Å². The third-order valence-corrected chi connectivity index (χ3v) is 2.43. The highest BCUT2D eigenvalue weighted by Gasteiger charge is 2.09. The molecule has 3 heteroatoms. The van der Waals surface area contributed by atoms with Crippen molar-refractivity contribution in [2.75, 3.05) is 0 Å². The Balaban J connectivity index is 3.46. The van der Waals surface area contributed by atoms with E-state index in [9.17, 15) is 4.39 Å². The van der Waals surface area contributed by atoms with Gasteiger partial charge in [0.1, 0.15) is 0 Å². The molecule has 0 spiro atoms. The van der Waals surface area contributed by atoms with E-state index in [1.54, 1.807) is 19.9 Å². The number of phenols is 1. The number of aryl methyl sites for hydroxylation is 1. The second kappa shape index (κ2) is 2.81. The van der Waals surface area contributed by atoms with E-state index in [4.69, 9.17) is 5.11 Å². The van der Waals surface area contributed by atoms with Crippen LogP contribution in [0.25, 0.3) is 0 Å². The molecule has 0 saturated carbocycles. The molecule has 11 heavy (non-hydrogen) atoms. The van der Waals surface area contributed by atoms with Crippen molar-refractivity contribution >= 4 is 15.9 Å². The maximum absolute atomic E-state index is 12.9. The highest BCUT2D eigenvalue weighted by Crippen LogP contribution is 2.29. The maximum Gasteiger partial charge on any atom is 0.168 e. The van der Waals surface area contributed by atoms with Crippen molar-refractivity contribution in [3.05, 3.63) is 27.5 Å². The predicted molar refractivity (Wildman–Crippen MR) is 45.2 cm³/mol. The van der Waals surface area contributed by atoms with Gasteiger partial charge in [0.15, 0.2) is 11.6 Å². The van der Waals surface area contributed by atoms with Crippen molar-refractivity contribution in [1.29, 1.82) is 0 Å². The van der Waals surface area contributed by atoms with Crippen LogP contribution in [-0.4, -0.2) is 5.11 Å². The minimum absolute atomic E-state index is 0.267. The predicted octanol–water partition coefficient (Wildman–Crippen LogP) is 2.91. The summed E-state index contributed by atoms with van der Waals surface area (Å²) in [5.41, 5.74) is 0.980. The molecular formula is C8H8BrFO. The number of hydrogen-bond acceptors (Lipinski definition) is 1. The van der Waals surface area contributed by atoms with E-state index in [0.717, 1.165) is 4.47 Å². The molecule has 0 aliphatic rings. The average Bonchev–Trinajstić information content (AvgIpc) is 1.97. The smallest absolute Gasteiger partial charge is 0.168 e. The fourth-order valence-corrected chi connectivity index (χ4v) is 1.36. The van der Waals surface area contributed by atoms with Gasteiger partial charge in [0.2, 0.25) is 0 Å². The van der Waals surface area contributed by atoms with E-state index in [0.29, 0.717) is 11.1 Å². The molecular weight excluding hydrogens is 211 g/mol. The van der Waals surface area contributed by atoms with E-state index >= 15 is 0 Å². The molecule has 0 amide bonds. The molecule has 0 radical (unpaired) electrons. The van der Waals surface area contributed by atoms with Gasteiger partial charge in [-0.1, -0.05) is 15.9 Å². The third-order valence-electron chi connectivity index (χ3n) is 1.61. The van der Waals surface area contributed by atoms with Gasteiger partial charge < -0.3 is 5.11 Å². The number of rotatable bonds is 0. The van der Waals surface area contributed by atoms with Gasteiger partial charge in [0.25, 0.3) is 0 Å². The first-order valence-electron chi connectivity index (χ1n) is 3.18. The number of benzene rings is 1. The lowest BCUT2D eigenvalue weighted by atomic mass is 10.1. The standard InChI is InChI=1S/C8H8BrFO/c1-4-3-6(9)5(2)8(11)7(4)10/h3,11H,1-2H3. The molecule has 0 atom stereocenters. The Morgan fingerprint density at radius 1 is 1.45 bits per heavy atom. The second-order valence-corrected chi connectivity index (χ2v) is 3.32. The molecule has 1 aromatic rings. The molecule has 0 aliphatic carbocycles. The Hall–Kier alpha value is -0.570. The first-order chi connectivity index (χ1) is 5.04. The van der Waals surface area contributed by atoms with Gasteiger partial charge in [0.05, 0.1) is 0 Å². The zero-order valence-electron chi connectivity index (χ0n) is 6.28. The topological polar surface area (TPSA) is 20.2 Å². The number of phenolic OH excluding ortho intramolecular Hbond substituents is 1. The number of aromatic hydroxyl groups is 1. The van der Waals surface area contributed by atoms with Crippen LogP contribution in [0.2, 0.25) is 0 Å². The molecule has 1 nitrogen and oxygen atoms in total. The molecule has 0 bridgehead atoms. The van der Waals surface area contributed by atoms with Gasteiger partial charge in [-0.05, 0) is 25.5 Å². The Kier molecular flexibility index (Phi) is 2.18. The summed E-state index contributed by atoms with van der Waals surface area (Å²) in [5, 5.41) is 9.16. The van der Waals surface area contributed by atoms with Crippen LogP contribution in [0, 0.1) is 19.7 Å². The summed E-state index contributed by atoms with van der Waals surface area (Å²) in [4.78, 5) is 0. The molecule has 0 aromatic heterocycles. The normalized spacial score (nSPS) is 10.2. The lowest BCUT2D eigenvalue weighted by Crippen LogP contribution is -1.87. The van der Waals surface area contributed by atoms with Gasteiger partial charge in [-0.15, -0.1) is 0 Å². The minimum atomic E-state index is -0.536. The van der Waals surface area contributed by atoms with E-state index in [1.807, 2.05) is 0 Å². The lowest BCUT2D eigenvalue weighted by Gasteiger charge is -2.04. The van der Waals surface area contributed by atoms with E-state index in [2.05, 4.69) is 15.9 Å². The molecule has 0 unspecified atom stereocenters. The van der Waals surface area contributed by atoms with Crippen LogP contribution in [0.1, 0.15) is 11.1 Å². The lowest BCUT2D eigenvalue weighted by molar-refractivity contribution is 0.425. The average molecular weight is 219 g/mol. The third kappa shape index (κ3) is 1.38. The van der Waals surface area contributed by atoms with Crippen molar-refractivity contribution in [2.45, 2.75) is 13.8 Å². The minimum Gasteiger partial charge on any atom is -0.505 e. The van der Waals surface area contributed by atoms with Gasteiger partial charge in [-0.3, -0.25) is 0 Å². The van der Waals surface area contributed by atoms with E-state index < -0.39 is 5.82 Å². The Bertz CT molecular complexity index is 270. The van der Waals surface area contributed by atoms with Gasteiger partial charge in [-0.2, -0.15) is 0 Å². The summed E-state index contributed by atoms with van der Waals surface area (Å²) >= 11 is 3.20. The zero-order chi connectivity index (χ0) is 8.59. The van der Waals surface area contributed by atoms with Gasteiger partial charge in [0, 0.05) is 10.0 Å². The Labute approximate surface area is 73.0 Å². The fraction of sp³-hybridized carbons (Fsp3) is 0.250. The molecule has 1 aromatic carbocycles. The first-order valence-corrected chi connectivity index (χ1v) is 3.97. The maximum atomic E-state index is 12.9. The van der Waals surface area contributed by atoms with Gasteiger partial charge >= 0.3 is 0 Å². The summed E-state index contributed by atoms with van der Waals surface area (Å²) in [6.45, 7) is 3.27. The largest absolute Gasteiger partial charge is 0.505 e. The van der Waals surface area contributed by atoms with Crippen molar-refractivity contribution in [1.82, 2.24) is 0 Å². The van der Waals surface area contributed by atoms with Gasteiger partial charge in [-0.25, -0.2) is 4.39 Å². The highest BCUT2D eigenvalue weighted by molar-refractivity contribution is 9.10. The number of halogens is 2. The zero-order valence-corrected chi connectivity index (χ0v) is 7.87. The molecule has 1 N–H and O–H groups in total. The molecule has 0 saturated heterocycles. The quantitative estimate of drug-likeness (QED) is 0.711. The Morgan fingerprint density at radius 3 is 2.55 bits per heavy atom. The molecule has 1 rings (SSSR count). The van der Waals surface area contributed by atoms with Crippen molar-refractivity contribution < 1.29 is 9.50 Å². The van der Waals surface area contributed by atoms with Crippen molar-refractivity contribution in [3.63, 3.8) is 0 Å². The fourth-order valence-electron chi connectivity index (χ4n) is 0.826. The van der Waals surface area contributed by atoms with Crippen LogP contribution in [0.15, 0.2) is 10.5 Å². The van der Waals surface area contributed by atoms with Crippen LogP contribution in [0.3, 0.4) is 0 Å². The molecule has 60 valence electrons. The van der Waals surface area contributed by atoms with E-state index in [1.165, 1.54) is 0 Å². The summed E-state index contributed by atoms with van der Waals surface area (Å²) < 4.78 is 13.6. The molecule has 0 heterocycles. The second-order valence-electron chi connectivity index (χ2n) is 2.46. The summed E-state index contributed by atoms with van der Waals surface area (Å²) in [6, 6.07) is 1.64. The molecule has 0 fully saturated rings. The van der Waals surface area contributed by atoms with Crippen molar-refractivity contribution in [2.24, 2.45) is 0 Å². The van der Waals surface area contributed by atoms with Crippen LogP contribution in [-0.2, 0) is 0 Å². The first kappa shape index (κ1) is 8.53. The van der Waals surface area contributed by atoms with Crippen molar-refractivity contribution in [3.8, 4) is 5.75 Å². The van der Waals surface area contributed by atoms with Crippen LogP contribution in [0.4, 0.5) is 4.39 Å². The van der Waals surface area contributed by atoms with E-state index in [-0.39, 0.29) is 5.75 Å². The summed E-state index contributed by atoms with van der Waals surface area (Å²) in [7, 11) is 0. The summed E-state index contributed by atoms with van der Waals surface area (Å²) in [6.07, 6.45) is 0. The molecule has 0 aliphatic heterocycles. The summed E-state index contributed by atoms with van der Waals surface area (Å²) in [5.74, 6) is -0.803. The highest BCUT2D eigenvalue weighted by atomic mass is 79.9. The van der Waals surface area contributed by atoms with Crippen LogP contribution < -0.4 is 0 Å². The number of hydrogen-bond donors (Lipinski definition) is 1. The SMILES string of the molecule is Cc1cc(Br)c(C)c(O)c1F. The Morgan fingerprint density at radius 2 is 2.00 bits per heavy atom. The van der Waals surface area contributed by atoms with Crippen LogP contribution in [0.5, 0.6) is 5.75 Å². The monoisotopic (exact) mass is 218 g/mol.